The average Bonchev–Trinajstić information content (AvgIpc) is 3.33. The quantitative estimate of drug-likeness (QED) is 0.567. The summed E-state index contributed by atoms with van der Waals surface area (Å²) >= 11 is 1.52. The first-order chi connectivity index (χ1) is 16.4. The van der Waals surface area contributed by atoms with E-state index in [9.17, 15) is 14.0 Å². The highest BCUT2D eigenvalue weighted by Crippen LogP contribution is 2.50. The Morgan fingerprint density at radius 3 is 2.82 bits per heavy atom. The predicted octanol–water partition coefficient (Wildman–Crippen LogP) is 4.47. The summed E-state index contributed by atoms with van der Waals surface area (Å²) in [5.74, 6) is 0.0997. The van der Waals surface area contributed by atoms with Crippen LogP contribution in [0.5, 0.6) is 5.75 Å². The van der Waals surface area contributed by atoms with Crippen molar-refractivity contribution in [2.45, 2.75) is 26.3 Å². The second kappa shape index (κ2) is 8.83. The molecule has 2 amide bonds. The van der Waals surface area contributed by atoms with Crippen LogP contribution in [0.15, 0.2) is 42.5 Å². The van der Waals surface area contributed by atoms with Crippen LogP contribution in [0, 0.1) is 31.5 Å². The van der Waals surface area contributed by atoms with Gasteiger partial charge in [0.05, 0.1) is 28.6 Å². The Kier molecular flexibility index (Phi) is 5.85. The van der Waals surface area contributed by atoms with Crippen LogP contribution in [0.4, 0.5) is 4.39 Å². The fourth-order valence-corrected chi connectivity index (χ4v) is 5.81. The van der Waals surface area contributed by atoms with Gasteiger partial charge >= 0.3 is 0 Å². The molecule has 8 heteroatoms. The number of aryl methyl sites for hydroxylation is 2. The number of likely N-dealkylation sites (tertiary alicyclic amines) is 1. The highest BCUT2D eigenvalue weighted by molar-refractivity contribution is 7.15. The number of piperidine rings is 1. The van der Waals surface area contributed by atoms with E-state index in [-0.39, 0.29) is 17.5 Å². The Balaban J connectivity index is 1.36. The monoisotopic (exact) mass is 479 g/mol. The zero-order valence-electron chi connectivity index (χ0n) is 19.3. The standard InChI is InChI=1S/C26H26FN3O3S/c1-14-5-4-6-16(9-14)24-23(29-15(2)34-24)26(32)30-13-17-10-19(17)21(30)12-28-25(31)20-11-18(27)7-8-22(20)33-3/h4-9,11,17,19,21H,10,12-13H2,1-3H3,(H,28,31). The van der Waals surface area contributed by atoms with Crippen LogP contribution in [-0.4, -0.2) is 47.9 Å². The van der Waals surface area contributed by atoms with Crippen molar-refractivity contribution < 1.29 is 18.7 Å². The van der Waals surface area contributed by atoms with E-state index in [0.717, 1.165) is 33.5 Å². The molecule has 6 nitrogen and oxygen atoms in total. The van der Waals surface area contributed by atoms with E-state index in [4.69, 9.17) is 4.74 Å². The zero-order valence-corrected chi connectivity index (χ0v) is 20.1. The van der Waals surface area contributed by atoms with Gasteiger partial charge in [0, 0.05) is 13.1 Å². The van der Waals surface area contributed by atoms with Crippen molar-refractivity contribution in [2.75, 3.05) is 20.2 Å². The first kappa shape index (κ1) is 22.5. The third kappa shape index (κ3) is 4.18. The topological polar surface area (TPSA) is 71.5 Å². The van der Waals surface area contributed by atoms with Gasteiger partial charge in [0.1, 0.15) is 17.3 Å². The lowest BCUT2D eigenvalue weighted by Gasteiger charge is -2.27. The van der Waals surface area contributed by atoms with Gasteiger partial charge < -0.3 is 15.0 Å². The Hall–Kier alpha value is -3.26. The number of aromatic nitrogens is 1. The maximum atomic E-state index is 13.7. The lowest BCUT2D eigenvalue weighted by Crippen LogP contribution is -2.45. The van der Waals surface area contributed by atoms with E-state index in [1.54, 1.807) is 0 Å². The Bertz CT molecular complexity index is 1270. The third-order valence-corrected chi connectivity index (χ3v) is 7.68. The molecule has 5 rings (SSSR count). The molecule has 176 valence electrons. The first-order valence-electron chi connectivity index (χ1n) is 11.3. The number of benzene rings is 2. The summed E-state index contributed by atoms with van der Waals surface area (Å²) in [5, 5.41) is 3.74. The van der Waals surface area contributed by atoms with Crippen LogP contribution >= 0.6 is 11.3 Å². The van der Waals surface area contributed by atoms with Crippen molar-refractivity contribution in [3.05, 3.63) is 70.1 Å². The number of carbonyl (C=O) groups is 2. The van der Waals surface area contributed by atoms with Gasteiger partial charge in [-0.1, -0.05) is 29.8 Å². The Morgan fingerprint density at radius 2 is 2.06 bits per heavy atom. The van der Waals surface area contributed by atoms with Crippen molar-refractivity contribution in [1.29, 1.82) is 0 Å². The van der Waals surface area contributed by atoms with Gasteiger partial charge in [0.25, 0.3) is 11.8 Å². The molecule has 3 aromatic rings. The van der Waals surface area contributed by atoms with Crippen molar-refractivity contribution in [1.82, 2.24) is 15.2 Å². The van der Waals surface area contributed by atoms with Crippen molar-refractivity contribution >= 4 is 23.2 Å². The van der Waals surface area contributed by atoms with E-state index in [2.05, 4.69) is 16.4 Å². The molecule has 34 heavy (non-hydrogen) atoms. The molecule has 3 atom stereocenters. The Labute approximate surface area is 201 Å². The molecule has 1 aromatic heterocycles. The molecule has 2 heterocycles. The summed E-state index contributed by atoms with van der Waals surface area (Å²) in [6.45, 7) is 4.90. The molecular formula is C26H26FN3O3S. The van der Waals surface area contributed by atoms with Gasteiger partial charge in [-0.2, -0.15) is 0 Å². The summed E-state index contributed by atoms with van der Waals surface area (Å²) in [7, 11) is 1.44. The average molecular weight is 480 g/mol. The van der Waals surface area contributed by atoms with Crippen LogP contribution in [0.25, 0.3) is 10.4 Å². The number of amides is 2. The number of rotatable bonds is 6. The number of hydrogen-bond acceptors (Lipinski definition) is 5. The minimum Gasteiger partial charge on any atom is -0.496 e. The molecule has 1 N–H and O–H groups in total. The largest absolute Gasteiger partial charge is 0.496 e. The second-order valence-electron chi connectivity index (χ2n) is 9.02. The number of thiazole rings is 1. The smallest absolute Gasteiger partial charge is 0.274 e. The van der Waals surface area contributed by atoms with Gasteiger partial charge in [-0.3, -0.25) is 9.59 Å². The summed E-state index contributed by atoms with van der Waals surface area (Å²) < 4.78 is 18.9. The maximum absolute atomic E-state index is 13.7. The number of hydrogen-bond donors (Lipinski definition) is 1. The molecule has 1 saturated heterocycles. The lowest BCUT2D eigenvalue weighted by molar-refractivity contribution is 0.0690. The van der Waals surface area contributed by atoms with Crippen LogP contribution in [0.3, 0.4) is 0 Å². The molecule has 1 aliphatic heterocycles. The van der Waals surface area contributed by atoms with Gasteiger partial charge in [-0.15, -0.1) is 11.3 Å². The van der Waals surface area contributed by atoms with Crippen LogP contribution in [0.1, 0.15) is 37.8 Å². The number of fused-ring (bicyclic) bond motifs is 1. The van der Waals surface area contributed by atoms with Crippen molar-refractivity contribution in [3.8, 4) is 16.2 Å². The summed E-state index contributed by atoms with van der Waals surface area (Å²) in [5.41, 5.74) is 2.72. The molecule has 2 aromatic carbocycles. The number of ether oxygens (including phenoxy) is 1. The predicted molar refractivity (Wildman–Crippen MR) is 129 cm³/mol. The van der Waals surface area contributed by atoms with Gasteiger partial charge in [-0.05, 0) is 55.9 Å². The number of carbonyl (C=O) groups excluding carboxylic acids is 2. The van der Waals surface area contributed by atoms with Crippen LogP contribution in [-0.2, 0) is 0 Å². The Morgan fingerprint density at radius 1 is 1.24 bits per heavy atom. The normalized spacial score (nSPS) is 20.7. The highest BCUT2D eigenvalue weighted by Gasteiger charge is 2.54. The summed E-state index contributed by atoms with van der Waals surface area (Å²) in [4.78, 5) is 33.8. The van der Waals surface area contributed by atoms with Gasteiger partial charge in [0.15, 0.2) is 0 Å². The molecule has 0 radical (unpaired) electrons. The lowest BCUT2D eigenvalue weighted by atomic mass is 10.1. The number of nitrogens with zero attached hydrogens (tertiary/aromatic N) is 2. The number of halogens is 1. The number of methoxy groups -OCH3 is 1. The molecule has 3 unspecified atom stereocenters. The number of nitrogens with one attached hydrogen (secondary N) is 1. The molecule has 1 aliphatic carbocycles. The zero-order chi connectivity index (χ0) is 24.0. The summed E-state index contributed by atoms with van der Waals surface area (Å²) in [6.07, 6.45) is 1.05. The first-order valence-corrected chi connectivity index (χ1v) is 12.1. The molecule has 2 fully saturated rings. The fraction of sp³-hybridized carbons (Fsp3) is 0.346. The summed E-state index contributed by atoms with van der Waals surface area (Å²) in [6, 6.07) is 11.8. The van der Waals surface area contributed by atoms with E-state index < -0.39 is 11.7 Å². The van der Waals surface area contributed by atoms with E-state index in [1.165, 1.54) is 30.6 Å². The highest BCUT2D eigenvalue weighted by atomic mass is 32.1. The molecule has 2 aliphatic rings. The van der Waals surface area contributed by atoms with E-state index in [1.807, 2.05) is 36.9 Å². The van der Waals surface area contributed by atoms with E-state index in [0.29, 0.717) is 36.4 Å². The minimum absolute atomic E-state index is 0.101. The van der Waals surface area contributed by atoms with Gasteiger partial charge in [0.2, 0.25) is 0 Å². The second-order valence-corrected chi connectivity index (χ2v) is 10.2. The molecule has 0 bridgehead atoms. The SMILES string of the molecule is COc1ccc(F)cc1C(=O)NCC1C2CC2CN1C(=O)c1nc(C)sc1-c1cccc(C)c1. The molecule has 0 spiro atoms. The molecular weight excluding hydrogens is 453 g/mol. The van der Waals surface area contributed by atoms with Crippen molar-refractivity contribution in [3.63, 3.8) is 0 Å². The van der Waals surface area contributed by atoms with Crippen LogP contribution in [0.2, 0.25) is 0 Å². The fourth-order valence-electron chi connectivity index (χ4n) is 4.91. The molecule has 1 saturated carbocycles. The van der Waals surface area contributed by atoms with E-state index >= 15 is 0 Å². The minimum atomic E-state index is -0.506. The van der Waals surface area contributed by atoms with Gasteiger partial charge in [-0.25, -0.2) is 9.37 Å². The van der Waals surface area contributed by atoms with Crippen LogP contribution < -0.4 is 10.1 Å². The third-order valence-electron chi connectivity index (χ3n) is 6.66. The van der Waals surface area contributed by atoms with Crippen molar-refractivity contribution in [2.24, 2.45) is 11.8 Å². The maximum Gasteiger partial charge on any atom is 0.274 e.